The molecule has 0 aromatic carbocycles. The summed E-state index contributed by atoms with van der Waals surface area (Å²) >= 11 is 0. The van der Waals surface area contributed by atoms with Crippen LogP contribution in [0.5, 0.6) is 0 Å². The minimum atomic E-state index is -0.615. The van der Waals surface area contributed by atoms with Crippen molar-refractivity contribution in [2.24, 2.45) is 0 Å². The molecule has 0 bridgehead atoms. The van der Waals surface area contributed by atoms with Gasteiger partial charge in [-0.25, -0.2) is 9.78 Å². The molecule has 2 amide bonds. The van der Waals surface area contributed by atoms with Crippen LogP contribution in [0, 0.1) is 0 Å². The number of rotatable bonds is 9. The molecule has 0 spiro atoms. The second-order valence-corrected chi connectivity index (χ2v) is 5.03. The zero-order chi connectivity index (χ0) is 16.2. The molecular weight excluding hydrogens is 282 g/mol. The third kappa shape index (κ3) is 7.06. The van der Waals surface area contributed by atoms with Crippen LogP contribution in [0.2, 0.25) is 0 Å². The lowest BCUT2D eigenvalue weighted by Crippen LogP contribution is -2.44. The molecule has 0 aliphatic heterocycles. The topological polar surface area (TPSA) is 80.3 Å². The van der Waals surface area contributed by atoms with Crippen molar-refractivity contribution in [1.29, 1.82) is 0 Å². The molecule has 6 heteroatoms. The van der Waals surface area contributed by atoms with Gasteiger partial charge >= 0.3 is 6.09 Å². The summed E-state index contributed by atoms with van der Waals surface area (Å²) in [6.45, 7) is 4.42. The molecule has 122 valence electrons. The number of pyridine rings is 1. The molecule has 1 rings (SSSR count). The summed E-state index contributed by atoms with van der Waals surface area (Å²) in [7, 11) is 0. The van der Waals surface area contributed by atoms with Crippen molar-refractivity contribution in [3.05, 3.63) is 24.4 Å². The number of hydrogen-bond acceptors (Lipinski definition) is 4. The van der Waals surface area contributed by atoms with Crippen LogP contribution >= 0.6 is 0 Å². The van der Waals surface area contributed by atoms with E-state index < -0.39 is 12.1 Å². The number of aromatic nitrogens is 1. The van der Waals surface area contributed by atoms with Gasteiger partial charge in [0.15, 0.2) is 0 Å². The summed E-state index contributed by atoms with van der Waals surface area (Å²) in [5.74, 6) is 0.190. The molecular formula is C16H25N3O3. The highest BCUT2D eigenvalue weighted by atomic mass is 16.5. The standard InChI is InChI=1S/C16H25N3O3/c1-3-5-9-13(18-16(21)22-12-6-4-2)15(20)19-14-10-7-8-11-17-14/h7-8,10-11,13H,3-6,9,12H2,1-2H3,(H,18,21)(H,17,19,20). The van der Waals surface area contributed by atoms with E-state index in [1.54, 1.807) is 24.4 Å². The number of nitrogens with zero attached hydrogens (tertiary/aromatic N) is 1. The Morgan fingerprint density at radius 1 is 1.23 bits per heavy atom. The van der Waals surface area contributed by atoms with Gasteiger partial charge < -0.3 is 15.4 Å². The second kappa shape index (κ2) is 10.6. The maximum absolute atomic E-state index is 12.3. The van der Waals surface area contributed by atoms with Crippen LogP contribution in [-0.4, -0.2) is 29.6 Å². The first-order valence-electron chi connectivity index (χ1n) is 7.82. The minimum Gasteiger partial charge on any atom is -0.450 e. The van der Waals surface area contributed by atoms with Crippen LogP contribution in [0.25, 0.3) is 0 Å². The summed E-state index contributed by atoms with van der Waals surface area (Å²) in [5.41, 5.74) is 0. The van der Waals surface area contributed by atoms with Crippen LogP contribution in [0.15, 0.2) is 24.4 Å². The summed E-state index contributed by atoms with van der Waals surface area (Å²) in [6, 6.07) is 4.65. The van der Waals surface area contributed by atoms with E-state index in [1.165, 1.54) is 0 Å². The van der Waals surface area contributed by atoms with Gasteiger partial charge in [0.2, 0.25) is 5.91 Å². The number of ether oxygens (including phenoxy) is 1. The highest BCUT2D eigenvalue weighted by molar-refractivity contribution is 5.95. The maximum atomic E-state index is 12.3. The van der Waals surface area contributed by atoms with Crippen LogP contribution in [-0.2, 0) is 9.53 Å². The lowest BCUT2D eigenvalue weighted by molar-refractivity contribution is -0.118. The minimum absolute atomic E-state index is 0.278. The fourth-order valence-electron chi connectivity index (χ4n) is 1.82. The van der Waals surface area contributed by atoms with E-state index in [4.69, 9.17) is 4.74 Å². The van der Waals surface area contributed by atoms with Gasteiger partial charge in [0.25, 0.3) is 0 Å². The van der Waals surface area contributed by atoms with Crippen LogP contribution < -0.4 is 10.6 Å². The summed E-state index contributed by atoms with van der Waals surface area (Å²) in [6.07, 6.45) is 5.17. The Bertz CT molecular complexity index is 451. The SMILES string of the molecule is CCCCOC(=O)NC(CCCC)C(=O)Nc1ccccn1. The molecule has 0 saturated heterocycles. The van der Waals surface area contributed by atoms with Crippen molar-refractivity contribution in [3.8, 4) is 0 Å². The number of carbonyl (C=O) groups is 2. The Kier molecular flexibility index (Phi) is 8.64. The fraction of sp³-hybridized carbons (Fsp3) is 0.562. The molecule has 0 saturated carbocycles. The first kappa shape index (κ1) is 17.9. The van der Waals surface area contributed by atoms with E-state index in [0.29, 0.717) is 18.8 Å². The smallest absolute Gasteiger partial charge is 0.407 e. The molecule has 0 aliphatic carbocycles. The van der Waals surface area contributed by atoms with Gasteiger partial charge in [-0.05, 0) is 25.0 Å². The second-order valence-electron chi connectivity index (χ2n) is 5.03. The zero-order valence-electron chi connectivity index (χ0n) is 13.3. The maximum Gasteiger partial charge on any atom is 0.407 e. The Hall–Kier alpha value is -2.11. The molecule has 22 heavy (non-hydrogen) atoms. The van der Waals surface area contributed by atoms with Gasteiger partial charge in [-0.15, -0.1) is 0 Å². The molecule has 1 heterocycles. The summed E-state index contributed by atoms with van der Waals surface area (Å²) < 4.78 is 5.05. The number of alkyl carbamates (subject to hydrolysis) is 1. The van der Waals surface area contributed by atoms with Crippen molar-refractivity contribution >= 4 is 17.8 Å². The predicted molar refractivity (Wildman–Crippen MR) is 85.6 cm³/mol. The normalized spacial score (nSPS) is 11.5. The molecule has 1 atom stereocenters. The average Bonchev–Trinajstić information content (AvgIpc) is 2.52. The van der Waals surface area contributed by atoms with E-state index in [9.17, 15) is 9.59 Å². The van der Waals surface area contributed by atoms with Gasteiger partial charge in [-0.3, -0.25) is 4.79 Å². The molecule has 1 aromatic rings. The summed E-state index contributed by atoms with van der Waals surface area (Å²) in [4.78, 5) is 28.0. The lowest BCUT2D eigenvalue weighted by atomic mass is 10.1. The Balaban J connectivity index is 2.54. The number of amides is 2. The van der Waals surface area contributed by atoms with Gasteiger partial charge in [0, 0.05) is 6.20 Å². The Morgan fingerprint density at radius 3 is 2.64 bits per heavy atom. The highest BCUT2D eigenvalue weighted by Gasteiger charge is 2.21. The molecule has 1 unspecified atom stereocenters. The van der Waals surface area contributed by atoms with Crippen molar-refractivity contribution in [3.63, 3.8) is 0 Å². The highest BCUT2D eigenvalue weighted by Crippen LogP contribution is 2.06. The van der Waals surface area contributed by atoms with E-state index in [2.05, 4.69) is 15.6 Å². The molecule has 0 fully saturated rings. The third-order valence-electron chi connectivity index (χ3n) is 3.10. The van der Waals surface area contributed by atoms with Gasteiger partial charge in [0.1, 0.15) is 11.9 Å². The predicted octanol–water partition coefficient (Wildman–Crippen LogP) is 3.11. The van der Waals surface area contributed by atoms with Crippen LogP contribution in [0.4, 0.5) is 10.6 Å². The molecule has 2 N–H and O–H groups in total. The van der Waals surface area contributed by atoms with Gasteiger partial charge in [-0.2, -0.15) is 0 Å². The van der Waals surface area contributed by atoms with Crippen LogP contribution in [0.3, 0.4) is 0 Å². The zero-order valence-corrected chi connectivity index (χ0v) is 13.3. The third-order valence-corrected chi connectivity index (χ3v) is 3.10. The lowest BCUT2D eigenvalue weighted by Gasteiger charge is -2.17. The summed E-state index contributed by atoms with van der Waals surface area (Å²) in [5, 5.41) is 5.33. The van der Waals surface area contributed by atoms with Crippen molar-refractivity contribution in [2.75, 3.05) is 11.9 Å². The Labute approximate surface area is 131 Å². The average molecular weight is 307 g/mol. The van der Waals surface area contributed by atoms with Gasteiger partial charge in [-0.1, -0.05) is 39.2 Å². The van der Waals surface area contributed by atoms with Crippen molar-refractivity contribution in [1.82, 2.24) is 10.3 Å². The molecule has 1 aromatic heterocycles. The van der Waals surface area contributed by atoms with E-state index in [0.717, 1.165) is 25.7 Å². The molecule has 0 radical (unpaired) electrons. The monoisotopic (exact) mass is 307 g/mol. The molecule has 0 aliphatic rings. The van der Waals surface area contributed by atoms with E-state index in [-0.39, 0.29) is 5.91 Å². The molecule has 6 nitrogen and oxygen atoms in total. The van der Waals surface area contributed by atoms with Crippen molar-refractivity contribution in [2.45, 2.75) is 52.0 Å². The van der Waals surface area contributed by atoms with Crippen molar-refractivity contribution < 1.29 is 14.3 Å². The van der Waals surface area contributed by atoms with Crippen LogP contribution in [0.1, 0.15) is 46.0 Å². The van der Waals surface area contributed by atoms with E-state index in [1.807, 2.05) is 13.8 Å². The number of nitrogens with one attached hydrogen (secondary N) is 2. The number of carbonyl (C=O) groups excluding carboxylic acids is 2. The van der Waals surface area contributed by atoms with Gasteiger partial charge in [0.05, 0.1) is 6.61 Å². The first-order valence-corrected chi connectivity index (χ1v) is 7.82. The number of hydrogen-bond donors (Lipinski definition) is 2. The Morgan fingerprint density at radius 2 is 2.00 bits per heavy atom. The quantitative estimate of drug-likeness (QED) is 0.687. The number of anilines is 1. The number of unbranched alkanes of at least 4 members (excludes halogenated alkanes) is 2. The van der Waals surface area contributed by atoms with E-state index >= 15 is 0 Å². The first-order chi connectivity index (χ1) is 10.7. The largest absolute Gasteiger partial charge is 0.450 e. The fourth-order valence-corrected chi connectivity index (χ4v) is 1.82.